The normalized spacial score (nSPS) is 9.70. The molecule has 0 fully saturated rings. The number of hydrogen-bond donors (Lipinski definition) is 0. The third kappa shape index (κ3) is 5.01. The summed E-state index contributed by atoms with van der Waals surface area (Å²) < 4.78 is 9.46. The molecule has 0 amide bonds. The number of rotatable bonds is 6. The lowest BCUT2D eigenvalue weighted by Gasteiger charge is -2.05. The first-order valence-electron chi connectivity index (χ1n) is 5.83. The van der Waals surface area contributed by atoms with Gasteiger partial charge < -0.3 is 9.47 Å². The summed E-state index contributed by atoms with van der Waals surface area (Å²) in [5, 5.41) is 0. The van der Waals surface area contributed by atoms with Crippen molar-refractivity contribution in [1.29, 1.82) is 0 Å². The second-order valence-corrected chi connectivity index (χ2v) is 4.14. The Balaban J connectivity index is 2.74. The van der Waals surface area contributed by atoms with E-state index in [9.17, 15) is 19.2 Å². The Hall–Kier alpha value is -2.50. The van der Waals surface area contributed by atoms with Gasteiger partial charge in [0.05, 0.1) is 11.1 Å². The molecule has 1 rings (SSSR count). The molecule has 20 heavy (non-hydrogen) atoms. The van der Waals surface area contributed by atoms with E-state index in [1.807, 2.05) is 0 Å². The van der Waals surface area contributed by atoms with Crippen LogP contribution in [0.1, 0.15) is 34.6 Å². The van der Waals surface area contributed by atoms with Gasteiger partial charge in [0, 0.05) is 0 Å². The monoisotopic (exact) mass is 278 g/mol. The Morgan fingerprint density at radius 3 is 1.60 bits per heavy atom. The number of benzene rings is 1. The first-order chi connectivity index (χ1) is 9.40. The minimum atomic E-state index is -0.707. The molecule has 0 N–H and O–H groups in total. The summed E-state index contributed by atoms with van der Waals surface area (Å²) in [6, 6.07) is 5.66. The predicted octanol–water partition coefficient (Wildman–Crippen LogP) is 1.18. The van der Waals surface area contributed by atoms with Gasteiger partial charge in [0.15, 0.2) is 11.6 Å². The molecular weight excluding hydrogens is 264 g/mol. The number of carbonyl (C=O) groups excluding carboxylic acids is 4. The van der Waals surface area contributed by atoms with Crippen LogP contribution in [-0.4, -0.2) is 36.7 Å². The summed E-state index contributed by atoms with van der Waals surface area (Å²) in [6.45, 7) is 1.95. The van der Waals surface area contributed by atoms with Crippen LogP contribution in [0.2, 0.25) is 0 Å². The highest BCUT2D eigenvalue weighted by Gasteiger charge is 2.13. The number of carbonyl (C=O) groups is 4. The van der Waals surface area contributed by atoms with Crippen LogP contribution in [0, 0.1) is 0 Å². The summed E-state index contributed by atoms with van der Waals surface area (Å²) in [5.41, 5.74) is 0.257. The fourth-order valence-corrected chi connectivity index (χ4v) is 1.27. The Morgan fingerprint density at radius 2 is 1.25 bits per heavy atom. The molecule has 0 aliphatic carbocycles. The fraction of sp³-hybridized carbons (Fsp3) is 0.286. The van der Waals surface area contributed by atoms with E-state index in [-0.39, 0.29) is 35.9 Å². The van der Waals surface area contributed by atoms with Crippen molar-refractivity contribution in [3.63, 3.8) is 0 Å². The average Bonchev–Trinajstić information content (AvgIpc) is 2.42. The van der Waals surface area contributed by atoms with Gasteiger partial charge in [-0.1, -0.05) is 6.07 Å². The average molecular weight is 278 g/mol. The molecule has 1 aromatic carbocycles. The smallest absolute Gasteiger partial charge is 0.338 e. The molecule has 0 heterocycles. The van der Waals surface area contributed by atoms with Crippen LogP contribution in [0.25, 0.3) is 0 Å². The van der Waals surface area contributed by atoms with Crippen molar-refractivity contribution in [3.05, 3.63) is 35.4 Å². The molecule has 1 aromatic rings. The molecule has 6 nitrogen and oxygen atoms in total. The minimum absolute atomic E-state index is 0.128. The van der Waals surface area contributed by atoms with E-state index in [4.69, 9.17) is 9.47 Å². The third-order valence-corrected chi connectivity index (χ3v) is 2.15. The van der Waals surface area contributed by atoms with Crippen LogP contribution in [-0.2, 0) is 19.1 Å². The number of hydrogen-bond acceptors (Lipinski definition) is 6. The van der Waals surface area contributed by atoms with Gasteiger partial charge in [0.2, 0.25) is 0 Å². The van der Waals surface area contributed by atoms with Crippen molar-refractivity contribution >= 4 is 23.5 Å². The zero-order valence-electron chi connectivity index (χ0n) is 11.2. The molecule has 0 bridgehead atoms. The zero-order valence-corrected chi connectivity index (χ0v) is 11.2. The topological polar surface area (TPSA) is 86.7 Å². The van der Waals surface area contributed by atoms with Gasteiger partial charge in [-0.05, 0) is 32.0 Å². The molecule has 0 unspecified atom stereocenters. The first-order valence-corrected chi connectivity index (χ1v) is 5.83. The van der Waals surface area contributed by atoms with Crippen LogP contribution in [0.5, 0.6) is 0 Å². The van der Waals surface area contributed by atoms with Crippen LogP contribution in [0.15, 0.2) is 24.3 Å². The summed E-state index contributed by atoms with van der Waals surface area (Å²) in [4.78, 5) is 44.7. The molecule has 0 saturated carbocycles. The highest BCUT2D eigenvalue weighted by Crippen LogP contribution is 2.08. The summed E-state index contributed by atoms with van der Waals surface area (Å²) in [7, 11) is 0. The molecule has 0 aromatic heterocycles. The zero-order chi connectivity index (χ0) is 15.1. The van der Waals surface area contributed by atoms with Crippen LogP contribution >= 0.6 is 0 Å². The minimum Gasteiger partial charge on any atom is -0.454 e. The molecule has 0 atom stereocenters. The largest absolute Gasteiger partial charge is 0.454 e. The van der Waals surface area contributed by atoms with E-state index in [0.29, 0.717) is 0 Å². The molecule has 0 spiro atoms. The first kappa shape index (κ1) is 15.6. The lowest BCUT2D eigenvalue weighted by atomic mass is 10.1. The molecule has 106 valence electrons. The Morgan fingerprint density at radius 1 is 0.850 bits per heavy atom. The summed E-state index contributed by atoms with van der Waals surface area (Å²) >= 11 is 0. The van der Waals surface area contributed by atoms with E-state index < -0.39 is 11.9 Å². The summed E-state index contributed by atoms with van der Waals surface area (Å²) in [6.07, 6.45) is 0. The van der Waals surface area contributed by atoms with Crippen molar-refractivity contribution in [2.45, 2.75) is 13.8 Å². The Bertz CT molecular complexity index is 501. The van der Waals surface area contributed by atoms with Gasteiger partial charge in [-0.3, -0.25) is 9.59 Å². The van der Waals surface area contributed by atoms with Crippen LogP contribution in [0.3, 0.4) is 0 Å². The molecule has 0 aliphatic heterocycles. The number of esters is 2. The fourth-order valence-electron chi connectivity index (χ4n) is 1.27. The number of ether oxygens (including phenoxy) is 2. The van der Waals surface area contributed by atoms with Gasteiger partial charge in [-0.2, -0.15) is 0 Å². The summed E-state index contributed by atoms with van der Waals surface area (Å²) in [5.74, 6) is -1.98. The molecular formula is C14H14O6. The molecule has 6 heteroatoms. The molecule has 0 aliphatic rings. The van der Waals surface area contributed by atoms with Crippen LogP contribution < -0.4 is 0 Å². The quantitative estimate of drug-likeness (QED) is 0.726. The molecule has 0 radical (unpaired) electrons. The lowest BCUT2D eigenvalue weighted by Crippen LogP contribution is -2.14. The Labute approximate surface area is 115 Å². The van der Waals surface area contributed by atoms with Gasteiger partial charge in [0.25, 0.3) is 0 Å². The predicted molar refractivity (Wildman–Crippen MR) is 68.4 cm³/mol. The Kier molecular flexibility index (Phi) is 5.58. The number of ketones is 2. The van der Waals surface area contributed by atoms with Crippen molar-refractivity contribution in [2.75, 3.05) is 13.2 Å². The maximum atomic E-state index is 11.6. The SMILES string of the molecule is CC(=O)COC(=O)c1cccc(C(=O)OCC(C)=O)c1. The second-order valence-electron chi connectivity index (χ2n) is 4.14. The maximum Gasteiger partial charge on any atom is 0.338 e. The van der Waals surface area contributed by atoms with E-state index in [1.54, 1.807) is 0 Å². The van der Waals surface area contributed by atoms with Gasteiger partial charge >= 0.3 is 11.9 Å². The van der Waals surface area contributed by atoms with E-state index >= 15 is 0 Å². The lowest BCUT2D eigenvalue weighted by molar-refractivity contribution is -0.120. The van der Waals surface area contributed by atoms with Crippen molar-refractivity contribution in [1.82, 2.24) is 0 Å². The van der Waals surface area contributed by atoms with Gasteiger partial charge in [0.1, 0.15) is 13.2 Å². The maximum absolute atomic E-state index is 11.6. The van der Waals surface area contributed by atoms with E-state index in [1.165, 1.54) is 38.1 Å². The molecule has 0 saturated heterocycles. The highest BCUT2D eigenvalue weighted by molar-refractivity contribution is 5.96. The van der Waals surface area contributed by atoms with E-state index in [2.05, 4.69) is 0 Å². The van der Waals surface area contributed by atoms with Crippen LogP contribution in [0.4, 0.5) is 0 Å². The standard InChI is InChI=1S/C14H14O6/c1-9(15)7-19-13(17)11-4-3-5-12(6-11)14(18)20-8-10(2)16/h3-6H,7-8H2,1-2H3. The second kappa shape index (κ2) is 7.18. The van der Waals surface area contributed by atoms with Crippen molar-refractivity contribution < 1.29 is 28.7 Å². The van der Waals surface area contributed by atoms with Crippen molar-refractivity contribution in [3.8, 4) is 0 Å². The third-order valence-electron chi connectivity index (χ3n) is 2.15. The van der Waals surface area contributed by atoms with E-state index in [0.717, 1.165) is 0 Å². The number of Topliss-reactive ketones (excluding diaryl/α,β-unsaturated/α-hetero) is 2. The highest BCUT2D eigenvalue weighted by atomic mass is 16.5. The van der Waals surface area contributed by atoms with Gasteiger partial charge in [-0.15, -0.1) is 0 Å². The van der Waals surface area contributed by atoms with Gasteiger partial charge in [-0.25, -0.2) is 9.59 Å². The van der Waals surface area contributed by atoms with Crippen molar-refractivity contribution in [2.24, 2.45) is 0 Å².